The van der Waals surface area contributed by atoms with Crippen LogP contribution in [0.5, 0.6) is 0 Å². The first-order valence-corrected chi connectivity index (χ1v) is 7.70. The van der Waals surface area contributed by atoms with Gasteiger partial charge in [0, 0.05) is 31.7 Å². The Labute approximate surface area is 138 Å². The van der Waals surface area contributed by atoms with Crippen LogP contribution in [-0.2, 0) is 12.7 Å². The minimum Gasteiger partial charge on any atom is -0.334 e. The van der Waals surface area contributed by atoms with E-state index in [1.807, 2.05) is 19.0 Å². The van der Waals surface area contributed by atoms with Crippen molar-refractivity contribution in [2.24, 2.45) is 5.92 Å². The molecule has 2 rings (SSSR count). The number of likely N-dealkylation sites (tertiary alicyclic amines) is 1. The predicted molar refractivity (Wildman–Crippen MR) is 81.9 cm³/mol. The molecule has 2 amide bonds. The van der Waals surface area contributed by atoms with Crippen molar-refractivity contribution >= 4 is 6.03 Å². The molecule has 1 saturated heterocycles. The molecule has 0 unspecified atom stereocenters. The van der Waals surface area contributed by atoms with E-state index in [4.69, 9.17) is 0 Å². The predicted octanol–water partition coefficient (Wildman–Crippen LogP) is 2.94. The number of halogens is 4. The summed E-state index contributed by atoms with van der Waals surface area (Å²) in [6.45, 7) is 1.78. The van der Waals surface area contributed by atoms with E-state index < -0.39 is 17.6 Å². The molecule has 0 spiro atoms. The fourth-order valence-corrected chi connectivity index (χ4v) is 2.90. The molecule has 1 aromatic carbocycles. The lowest BCUT2D eigenvalue weighted by Gasteiger charge is -2.19. The number of carbonyl (C=O) groups excluding carboxylic acids is 1. The summed E-state index contributed by atoms with van der Waals surface area (Å²) in [6, 6.07) is 2.68. The zero-order chi connectivity index (χ0) is 17.9. The van der Waals surface area contributed by atoms with E-state index in [0.717, 1.165) is 19.0 Å². The van der Waals surface area contributed by atoms with Crippen LogP contribution >= 0.6 is 0 Å². The van der Waals surface area contributed by atoms with Crippen molar-refractivity contribution < 1.29 is 22.4 Å². The maximum Gasteiger partial charge on any atom is 0.419 e. The molecule has 0 aliphatic carbocycles. The number of nitrogens with zero attached hydrogens (tertiary/aromatic N) is 2. The van der Waals surface area contributed by atoms with Crippen LogP contribution in [0.3, 0.4) is 0 Å². The minimum absolute atomic E-state index is 0.179. The van der Waals surface area contributed by atoms with Gasteiger partial charge >= 0.3 is 12.2 Å². The zero-order valence-electron chi connectivity index (χ0n) is 13.7. The summed E-state index contributed by atoms with van der Waals surface area (Å²) in [5.74, 6) is -0.965. The lowest BCUT2D eigenvalue weighted by atomic mass is 10.1. The fourth-order valence-electron chi connectivity index (χ4n) is 2.90. The van der Waals surface area contributed by atoms with Crippen LogP contribution < -0.4 is 5.32 Å². The van der Waals surface area contributed by atoms with Crippen molar-refractivity contribution in [3.8, 4) is 0 Å². The summed E-state index contributed by atoms with van der Waals surface area (Å²) in [5, 5.41) is 2.50. The van der Waals surface area contributed by atoms with Gasteiger partial charge < -0.3 is 15.1 Å². The quantitative estimate of drug-likeness (QED) is 0.850. The fraction of sp³-hybridized carbons (Fsp3) is 0.562. The molecule has 0 radical (unpaired) electrons. The number of amides is 2. The molecule has 8 heteroatoms. The van der Waals surface area contributed by atoms with Gasteiger partial charge in [0.05, 0.1) is 5.56 Å². The van der Waals surface area contributed by atoms with E-state index in [9.17, 15) is 22.4 Å². The molecule has 24 heavy (non-hydrogen) atoms. The smallest absolute Gasteiger partial charge is 0.334 e. The molecule has 0 bridgehead atoms. The molecule has 1 N–H and O–H groups in total. The summed E-state index contributed by atoms with van der Waals surface area (Å²) in [4.78, 5) is 15.8. The van der Waals surface area contributed by atoms with Gasteiger partial charge in [0.1, 0.15) is 5.82 Å². The molecule has 1 aliphatic rings. The molecule has 134 valence electrons. The Kier molecular flexibility index (Phi) is 5.69. The van der Waals surface area contributed by atoms with Crippen LogP contribution in [0.4, 0.5) is 22.4 Å². The van der Waals surface area contributed by atoms with Gasteiger partial charge in [-0.05, 0) is 32.5 Å². The maximum atomic E-state index is 13.9. The lowest BCUT2D eigenvalue weighted by molar-refractivity contribution is -0.140. The summed E-state index contributed by atoms with van der Waals surface area (Å²) in [7, 11) is 3.91. The third kappa shape index (κ3) is 4.59. The molecular weight excluding hydrogens is 326 g/mol. The van der Waals surface area contributed by atoms with Gasteiger partial charge in [0.15, 0.2) is 0 Å². The van der Waals surface area contributed by atoms with Gasteiger partial charge in [0.2, 0.25) is 0 Å². The Morgan fingerprint density at radius 2 is 2.08 bits per heavy atom. The minimum atomic E-state index is -4.75. The standard InChI is InChI=1S/C16H21F4N3O/c1-22(2)9-11-6-7-23(10-11)15(24)21-8-12-4-3-5-13(14(12)17)16(18,19)20/h3-5,11H,6-10H2,1-2H3,(H,21,24)/t11-/m1/s1. The summed E-state index contributed by atoms with van der Waals surface area (Å²) in [5.41, 5.74) is -1.50. The third-order valence-corrected chi connectivity index (χ3v) is 4.01. The van der Waals surface area contributed by atoms with Crippen LogP contribution in [-0.4, -0.2) is 49.6 Å². The summed E-state index contributed by atoms with van der Waals surface area (Å²) >= 11 is 0. The second-order valence-corrected chi connectivity index (χ2v) is 6.30. The number of hydrogen-bond acceptors (Lipinski definition) is 2. The molecule has 1 atom stereocenters. The average Bonchev–Trinajstić information content (AvgIpc) is 2.92. The topological polar surface area (TPSA) is 35.6 Å². The van der Waals surface area contributed by atoms with Gasteiger partial charge in [-0.2, -0.15) is 13.2 Å². The van der Waals surface area contributed by atoms with Crippen molar-refractivity contribution in [3.05, 3.63) is 35.1 Å². The SMILES string of the molecule is CN(C)C[C@H]1CCN(C(=O)NCc2cccc(C(F)(F)F)c2F)C1. The number of nitrogens with one attached hydrogen (secondary N) is 1. The summed E-state index contributed by atoms with van der Waals surface area (Å²) < 4.78 is 52.0. The highest BCUT2D eigenvalue weighted by Crippen LogP contribution is 2.32. The highest BCUT2D eigenvalue weighted by atomic mass is 19.4. The molecule has 1 aromatic rings. The monoisotopic (exact) mass is 347 g/mol. The number of carbonyl (C=O) groups is 1. The first-order chi connectivity index (χ1) is 11.2. The van der Waals surface area contributed by atoms with Crippen LogP contribution in [0.25, 0.3) is 0 Å². The lowest BCUT2D eigenvalue weighted by Crippen LogP contribution is -2.38. The van der Waals surface area contributed by atoms with E-state index in [2.05, 4.69) is 5.32 Å². The Morgan fingerprint density at radius 3 is 2.71 bits per heavy atom. The highest BCUT2D eigenvalue weighted by molar-refractivity contribution is 5.74. The van der Waals surface area contributed by atoms with Crippen molar-refractivity contribution in [2.45, 2.75) is 19.1 Å². The second kappa shape index (κ2) is 7.38. The van der Waals surface area contributed by atoms with E-state index in [1.165, 1.54) is 6.07 Å². The first kappa shape index (κ1) is 18.5. The first-order valence-electron chi connectivity index (χ1n) is 7.70. The second-order valence-electron chi connectivity index (χ2n) is 6.30. The van der Waals surface area contributed by atoms with Crippen molar-refractivity contribution in [1.29, 1.82) is 0 Å². The molecule has 4 nitrogen and oxygen atoms in total. The molecule has 0 saturated carbocycles. The molecular formula is C16H21F4N3O. The van der Waals surface area contributed by atoms with E-state index in [-0.39, 0.29) is 18.1 Å². The van der Waals surface area contributed by atoms with Gasteiger partial charge in [-0.3, -0.25) is 0 Å². The molecule has 1 aliphatic heterocycles. The molecule has 0 aromatic heterocycles. The number of urea groups is 1. The number of alkyl halides is 3. The van der Waals surface area contributed by atoms with E-state index in [0.29, 0.717) is 25.1 Å². The van der Waals surface area contributed by atoms with Gasteiger partial charge in [-0.15, -0.1) is 0 Å². The Hall–Kier alpha value is -1.83. The maximum absolute atomic E-state index is 13.9. The van der Waals surface area contributed by atoms with E-state index in [1.54, 1.807) is 4.90 Å². The normalized spacial score (nSPS) is 18.3. The van der Waals surface area contributed by atoms with Crippen molar-refractivity contribution in [1.82, 2.24) is 15.1 Å². The van der Waals surface area contributed by atoms with E-state index >= 15 is 0 Å². The largest absolute Gasteiger partial charge is 0.419 e. The molecule has 1 heterocycles. The van der Waals surface area contributed by atoms with Crippen molar-refractivity contribution in [2.75, 3.05) is 33.7 Å². The van der Waals surface area contributed by atoms with Crippen LogP contribution in [0, 0.1) is 11.7 Å². The van der Waals surface area contributed by atoms with Crippen molar-refractivity contribution in [3.63, 3.8) is 0 Å². The molecule has 1 fully saturated rings. The number of hydrogen-bond donors (Lipinski definition) is 1. The number of rotatable bonds is 4. The Morgan fingerprint density at radius 1 is 1.38 bits per heavy atom. The summed E-state index contributed by atoms with van der Waals surface area (Å²) in [6.07, 6.45) is -3.87. The van der Waals surface area contributed by atoms with Crippen LogP contribution in [0.15, 0.2) is 18.2 Å². The van der Waals surface area contributed by atoms with Gasteiger partial charge in [-0.1, -0.05) is 12.1 Å². The van der Waals surface area contributed by atoms with Gasteiger partial charge in [-0.25, -0.2) is 9.18 Å². The van der Waals surface area contributed by atoms with Crippen LogP contribution in [0.1, 0.15) is 17.5 Å². The zero-order valence-corrected chi connectivity index (χ0v) is 13.7. The Balaban J connectivity index is 1.93. The number of benzene rings is 1. The average molecular weight is 347 g/mol. The Bertz CT molecular complexity index is 589. The van der Waals surface area contributed by atoms with Gasteiger partial charge in [0.25, 0.3) is 0 Å². The third-order valence-electron chi connectivity index (χ3n) is 4.01. The highest BCUT2D eigenvalue weighted by Gasteiger charge is 2.35. The van der Waals surface area contributed by atoms with Crippen LogP contribution in [0.2, 0.25) is 0 Å².